The maximum Gasteiger partial charge on any atom is 0.335 e. The monoisotopic (exact) mass is 312 g/mol. The van der Waals surface area contributed by atoms with E-state index in [-0.39, 0.29) is 0 Å². The highest BCUT2D eigenvalue weighted by molar-refractivity contribution is 7.53. The van der Waals surface area contributed by atoms with Gasteiger partial charge in [-0.05, 0) is 19.4 Å². The van der Waals surface area contributed by atoms with E-state index < -0.39 is 7.60 Å². The maximum absolute atomic E-state index is 12.4. The summed E-state index contributed by atoms with van der Waals surface area (Å²) in [7, 11) is -2.04. The number of hydrogen-bond donors (Lipinski definition) is 1. The first kappa shape index (κ1) is 15.4. The molecule has 20 heavy (non-hydrogen) atoms. The van der Waals surface area contributed by atoms with Crippen LogP contribution in [0.1, 0.15) is 19.4 Å². The lowest BCUT2D eigenvalue weighted by atomic mass is 10.1. The van der Waals surface area contributed by atoms with Gasteiger partial charge in [-0.2, -0.15) is 5.10 Å². The zero-order chi connectivity index (χ0) is 14.4. The van der Waals surface area contributed by atoms with Gasteiger partial charge in [0.25, 0.3) is 0 Å². The molecule has 0 unspecified atom stereocenters. The molecule has 0 atom stereocenters. The minimum Gasteiger partial charge on any atom is -0.309 e. The Kier molecular flexibility index (Phi) is 5.50. The van der Waals surface area contributed by atoms with Crippen molar-refractivity contribution in [1.29, 1.82) is 0 Å². The number of aromatic nitrogens is 2. The van der Waals surface area contributed by atoms with E-state index in [1.54, 1.807) is 0 Å². The smallest absolute Gasteiger partial charge is 0.309 e. The molecule has 0 radical (unpaired) electrons. The minimum absolute atomic E-state index is 0.293. The first-order valence-electron chi connectivity index (χ1n) is 6.50. The predicted molar refractivity (Wildman–Crippen MR) is 81.1 cm³/mol. The second kappa shape index (κ2) is 7.14. The number of hydrogen-bond acceptors (Lipinski definition) is 4. The summed E-state index contributed by atoms with van der Waals surface area (Å²) in [5, 5.41) is 4.16. The number of nitrogens with one attached hydrogen (secondary N) is 1. The van der Waals surface area contributed by atoms with E-state index in [4.69, 9.17) is 9.05 Å². The largest absolute Gasteiger partial charge is 0.335 e. The number of benzene rings is 1. The molecule has 1 aromatic carbocycles. The summed E-state index contributed by atoms with van der Waals surface area (Å²) < 4.78 is 23.0. The molecular weight excluding hydrogens is 294 g/mol. The van der Waals surface area contributed by atoms with Gasteiger partial charge in [-0.1, -0.05) is 24.3 Å². The highest BCUT2D eigenvalue weighted by Gasteiger charge is 2.23. The van der Waals surface area contributed by atoms with E-state index in [1.165, 1.54) is 0 Å². The van der Waals surface area contributed by atoms with E-state index >= 15 is 0 Å². The topological polar surface area (TPSA) is 64.2 Å². The van der Waals surface area contributed by atoms with Crippen molar-refractivity contribution in [3.05, 3.63) is 35.6 Å². The molecule has 5 nitrogen and oxygen atoms in total. The van der Waals surface area contributed by atoms with Crippen LogP contribution in [0, 0.1) is 0 Å². The van der Waals surface area contributed by atoms with Crippen molar-refractivity contribution in [1.82, 2.24) is 9.96 Å². The molecule has 2 rings (SSSR count). The van der Waals surface area contributed by atoms with Gasteiger partial charge in [-0.15, -0.1) is 0 Å². The third kappa shape index (κ3) is 4.00. The Morgan fingerprint density at radius 2 is 1.85 bits per heavy atom. The molecule has 0 bridgehead atoms. The first-order chi connectivity index (χ1) is 9.67. The Balaban J connectivity index is 2.11. The minimum atomic E-state index is -3.03. The summed E-state index contributed by atoms with van der Waals surface area (Å²) >= 11 is 0. The Bertz CT molecular complexity index is 560. The van der Waals surface area contributed by atoms with Crippen LogP contribution in [-0.2, 0) is 19.8 Å². The number of H-pyrrole nitrogens is 1. The Hall–Kier alpha value is -0.990. The molecule has 0 amide bonds. The van der Waals surface area contributed by atoms with Crippen molar-refractivity contribution in [2.45, 2.75) is 20.0 Å². The van der Waals surface area contributed by atoms with Gasteiger partial charge in [-0.25, -0.2) is 0 Å². The average molecular weight is 312 g/mol. The van der Waals surface area contributed by atoms with Gasteiger partial charge in [0.1, 0.15) is 0 Å². The number of nitrogens with zero attached hydrogens (tertiary/aromatic N) is 1. The Morgan fingerprint density at radius 3 is 2.35 bits per heavy atom. The maximum atomic E-state index is 12.4. The van der Waals surface area contributed by atoms with Gasteiger partial charge in [0.2, 0.25) is 0 Å². The molecule has 2 aromatic rings. The molecule has 0 aliphatic carbocycles. The molecule has 0 aliphatic rings. The van der Waals surface area contributed by atoms with Gasteiger partial charge >= 0.3 is 7.60 Å². The van der Waals surface area contributed by atoms with Crippen LogP contribution in [-0.4, -0.2) is 23.2 Å². The third-order valence-corrected chi connectivity index (χ3v) is 5.34. The van der Waals surface area contributed by atoms with Crippen LogP contribution in [0.25, 0.3) is 11.3 Å². The summed E-state index contributed by atoms with van der Waals surface area (Å²) in [4.78, 5) is 2.88. The molecule has 1 aromatic heterocycles. The van der Waals surface area contributed by atoms with Crippen molar-refractivity contribution in [2.75, 3.05) is 13.2 Å². The predicted octanol–water partition coefficient (Wildman–Crippen LogP) is 4.42. The van der Waals surface area contributed by atoms with E-state index in [9.17, 15) is 4.57 Å². The van der Waals surface area contributed by atoms with Crippen molar-refractivity contribution >= 4 is 15.9 Å². The summed E-state index contributed by atoms with van der Waals surface area (Å²) in [6.07, 6.45) is 0.293. The van der Waals surface area contributed by atoms with Crippen LogP contribution >= 0.6 is 15.9 Å². The molecule has 0 spiro atoms. The molecule has 0 aliphatic heterocycles. The SMILES string of the molecule is CCOP(=O)(Cc1ccc(-c2cp[nH]n2)cc1)OCC. The van der Waals surface area contributed by atoms with Crippen molar-refractivity contribution in [2.24, 2.45) is 0 Å². The molecule has 1 heterocycles. The summed E-state index contributed by atoms with van der Waals surface area (Å²) in [6, 6.07) is 7.81. The molecule has 0 saturated heterocycles. The Morgan fingerprint density at radius 1 is 1.20 bits per heavy atom. The lowest BCUT2D eigenvalue weighted by Crippen LogP contribution is -1.99. The lowest BCUT2D eigenvalue weighted by Gasteiger charge is -2.17. The molecule has 108 valence electrons. The zero-order valence-corrected chi connectivity index (χ0v) is 13.4. The van der Waals surface area contributed by atoms with Crippen LogP contribution in [0.15, 0.2) is 30.1 Å². The normalized spacial score (nSPS) is 12.1. The van der Waals surface area contributed by atoms with Crippen molar-refractivity contribution < 1.29 is 13.6 Å². The molecule has 7 heteroatoms. The van der Waals surface area contributed by atoms with Gasteiger partial charge in [0.05, 0.1) is 25.1 Å². The molecular formula is C13H18N2O3P2. The number of rotatable bonds is 7. The second-order valence-electron chi connectivity index (χ2n) is 4.16. The standard InChI is InChI=1S/C13H18N2O3P2/c1-3-17-20(16,18-4-2)10-11-5-7-12(8-6-11)13-9-19-15-14-13/h5-9H,3-4,10H2,1-2H3,(H,14,15). The summed E-state index contributed by atoms with van der Waals surface area (Å²) in [5.74, 6) is 2.00. The highest BCUT2D eigenvalue weighted by atomic mass is 31.2. The van der Waals surface area contributed by atoms with Crippen LogP contribution in [0.4, 0.5) is 0 Å². The quantitative estimate of drug-likeness (QED) is 0.768. The van der Waals surface area contributed by atoms with Crippen LogP contribution in [0.5, 0.6) is 0 Å². The average Bonchev–Trinajstić information content (AvgIpc) is 2.94. The number of aromatic amines is 1. The fourth-order valence-corrected chi connectivity index (χ4v) is 4.12. The first-order valence-corrected chi connectivity index (χ1v) is 9.19. The molecule has 1 N–H and O–H groups in total. The third-order valence-electron chi connectivity index (χ3n) is 2.69. The fraction of sp³-hybridized carbons (Fsp3) is 0.385. The van der Waals surface area contributed by atoms with Gasteiger partial charge < -0.3 is 9.05 Å². The van der Waals surface area contributed by atoms with Gasteiger partial charge in [0.15, 0.2) is 0 Å². The highest BCUT2D eigenvalue weighted by Crippen LogP contribution is 2.51. The zero-order valence-electron chi connectivity index (χ0n) is 11.6. The Labute approximate surface area is 120 Å². The molecule has 0 fully saturated rings. The van der Waals surface area contributed by atoms with Crippen LogP contribution < -0.4 is 0 Å². The van der Waals surface area contributed by atoms with E-state index in [0.29, 0.717) is 19.4 Å². The summed E-state index contributed by atoms with van der Waals surface area (Å²) in [6.45, 7) is 4.39. The van der Waals surface area contributed by atoms with E-state index in [0.717, 1.165) is 25.2 Å². The lowest BCUT2D eigenvalue weighted by molar-refractivity contribution is 0.219. The van der Waals surface area contributed by atoms with Crippen molar-refractivity contribution in [3.63, 3.8) is 0 Å². The fourth-order valence-electron chi connectivity index (χ4n) is 1.87. The van der Waals surface area contributed by atoms with Crippen LogP contribution in [0.2, 0.25) is 0 Å². The van der Waals surface area contributed by atoms with Gasteiger partial charge in [-0.3, -0.25) is 9.43 Å². The summed E-state index contributed by atoms with van der Waals surface area (Å²) in [5.41, 5.74) is 2.90. The van der Waals surface area contributed by atoms with E-state index in [2.05, 4.69) is 9.96 Å². The van der Waals surface area contributed by atoms with Crippen LogP contribution in [0.3, 0.4) is 0 Å². The van der Waals surface area contributed by atoms with Crippen molar-refractivity contribution in [3.8, 4) is 11.3 Å². The second-order valence-corrected chi connectivity index (χ2v) is 6.93. The van der Waals surface area contributed by atoms with E-state index in [1.807, 2.05) is 43.9 Å². The van der Waals surface area contributed by atoms with Gasteiger partial charge in [0, 0.05) is 19.7 Å². The molecule has 0 saturated carbocycles.